The molecule has 2 N–H and O–H groups in total. The molecular weight excluding hydrogens is 264 g/mol. The van der Waals surface area contributed by atoms with Crippen LogP contribution < -0.4 is 10.4 Å². The third kappa shape index (κ3) is 2.62. The predicted octanol–water partition coefficient (Wildman–Crippen LogP) is 2.93. The SMILES string of the molecule is CC1CN(Cc2ccc(C(=O)NO)cc2)c2ccccc21. The summed E-state index contributed by atoms with van der Waals surface area (Å²) in [5, 5.41) is 8.62. The number of hydroxylamine groups is 1. The Labute approximate surface area is 124 Å². The number of rotatable bonds is 3. The number of fused-ring (bicyclic) bond motifs is 1. The average Bonchev–Trinajstić information content (AvgIpc) is 2.84. The number of para-hydroxylation sites is 1. The highest BCUT2D eigenvalue weighted by molar-refractivity contribution is 5.93. The quantitative estimate of drug-likeness (QED) is 0.672. The molecule has 21 heavy (non-hydrogen) atoms. The van der Waals surface area contributed by atoms with E-state index in [1.807, 2.05) is 12.1 Å². The Hall–Kier alpha value is -2.33. The minimum atomic E-state index is -0.485. The van der Waals surface area contributed by atoms with Crippen molar-refractivity contribution in [2.24, 2.45) is 0 Å². The van der Waals surface area contributed by atoms with Crippen molar-refractivity contribution in [3.8, 4) is 0 Å². The van der Waals surface area contributed by atoms with Gasteiger partial charge in [0.2, 0.25) is 0 Å². The maximum Gasteiger partial charge on any atom is 0.274 e. The number of hydrogen-bond acceptors (Lipinski definition) is 3. The molecule has 2 aromatic rings. The van der Waals surface area contributed by atoms with Crippen molar-refractivity contribution in [2.75, 3.05) is 11.4 Å². The molecule has 0 aliphatic carbocycles. The highest BCUT2D eigenvalue weighted by Crippen LogP contribution is 2.36. The summed E-state index contributed by atoms with van der Waals surface area (Å²) in [5.74, 6) is 0.0577. The molecule has 0 aromatic heterocycles. The zero-order chi connectivity index (χ0) is 14.8. The van der Waals surface area contributed by atoms with Gasteiger partial charge in [0.05, 0.1) is 0 Å². The number of amides is 1. The monoisotopic (exact) mass is 282 g/mol. The Bertz CT molecular complexity index is 652. The number of anilines is 1. The van der Waals surface area contributed by atoms with Crippen molar-refractivity contribution in [2.45, 2.75) is 19.4 Å². The third-order valence-corrected chi connectivity index (χ3v) is 3.99. The first-order chi connectivity index (χ1) is 10.2. The summed E-state index contributed by atoms with van der Waals surface area (Å²) in [5.41, 5.74) is 5.94. The molecule has 1 aliphatic heterocycles. The van der Waals surface area contributed by atoms with E-state index >= 15 is 0 Å². The van der Waals surface area contributed by atoms with Crippen LogP contribution in [0.3, 0.4) is 0 Å². The van der Waals surface area contributed by atoms with E-state index in [1.54, 1.807) is 17.6 Å². The molecule has 1 atom stereocenters. The van der Waals surface area contributed by atoms with Crippen LogP contribution in [-0.4, -0.2) is 17.7 Å². The molecule has 4 heteroatoms. The lowest BCUT2D eigenvalue weighted by molar-refractivity contribution is 0.0706. The number of carbonyl (C=O) groups excluding carboxylic acids is 1. The van der Waals surface area contributed by atoms with Crippen LogP contribution >= 0.6 is 0 Å². The molecule has 3 rings (SSSR count). The van der Waals surface area contributed by atoms with Crippen molar-refractivity contribution >= 4 is 11.6 Å². The molecule has 0 fully saturated rings. The van der Waals surface area contributed by atoms with Crippen LogP contribution in [0.2, 0.25) is 0 Å². The highest BCUT2D eigenvalue weighted by Gasteiger charge is 2.24. The fourth-order valence-corrected chi connectivity index (χ4v) is 2.92. The summed E-state index contributed by atoms with van der Waals surface area (Å²) in [6.07, 6.45) is 0. The second kappa shape index (κ2) is 5.58. The molecule has 1 aliphatic rings. The Morgan fingerprint density at radius 1 is 1.24 bits per heavy atom. The Morgan fingerprint density at radius 3 is 2.67 bits per heavy atom. The molecule has 0 spiro atoms. The molecule has 2 aromatic carbocycles. The molecule has 0 radical (unpaired) electrons. The molecule has 1 heterocycles. The fourth-order valence-electron chi connectivity index (χ4n) is 2.92. The van der Waals surface area contributed by atoms with Gasteiger partial charge in [-0.15, -0.1) is 0 Å². The summed E-state index contributed by atoms with van der Waals surface area (Å²) < 4.78 is 0. The Kier molecular flexibility index (Phi) is 3.62. The minimum absolute atomic E-state index is 0.455. The first kappa shape index (κ1) is 13.6. The van der Waals surface area contributed by atoms with Gasteiger partial charge in [-0.3, -0.25) is 10.0 Å². The molecule has 0 saturated heterocycles. The number of carbonyl (C=O) groups is 1. The van der Waals surface area contributed by atoms with Gasteiger partial charge in [0.25, 0.3) is 5.91 Å². The van der Waals surface area contributed by atoms with Crippen LogP contribution in [0, 0.1) is 0 Å². The molecular formula is C17H18N2O2. The van der Waals surface area contributed by atoms with Crippen LogP contribution in [-0.2, 0) is 6.54 Å². The molecule has 0 saturated carbocycles. The average molecular weight is 282 g/mol. The van der Waals surface area contributed by atoms with Gasteiger partial charge < -0.3 is 4.90 Å². The lowest BCUT2D eigenvalue weighted by atomic mass is 10.0. The van der Waals surface area contributed by atoms with Crippen molar-refractivity contribution in [3.05, 3.63) is 65.2 Å². The van der Waals surface area contributed by atoms with Crippen LogP contribution in [0.15, 0.2) is 48.5 Å². The Morgan fingerprint density at radius 2 is 1.95 bits per heavy atom. The highest BCUT2D eigenvalue weighted by atomic mass is 16.5. The summed E-state index contributed by atoms with van der Waals surface area (Å²) in [6.45, 7) is 4.08. The fraction of sp³-hybridized carbons (Fsp3) is 0.235. The molecule has 4 nitrogen and oxygen atoms in total. The summed E-state index contributed by atoms with van der Waals surface area (Å²) in [6, 6.07) is 15.8. The normalized spacial score (nSPS) is 16.7. The molecule has 0 bridgehead atoms. The van der Waals surface area contributed by atoms with Crippen LogP contribution in [0.25, 0.3) is 0 Å². The van der Waals surface area contributed by atoms with E-state index in [0.29, 0.717) is 11.5 Å². The maximum atomic E-state index is 11.3. The van der Waals surface area contributed by atoms with E-state index in [9.17, 15) is 4.79 Å². The van der Waals surface area contributed by atoms with Crippen LogP contribution in [0.1, 0.15) is 34.3 Å². The van der Waals surface area contributed by atoms with Gasteiger partial charge in [0.1, 0.15) is 0 Å². The first-order valence-electron chi connectivity index (χ1n) is 7.06. The van der Waals surface area contributed by atoms with Crippen molar-refractivity contribution < 1.29 is 10.0 Å². The van der Waals surface area contributed by atoms with Gasteiger partial charge in [0.15, 0.2) is 0 Å². The number of nitrogens with one attached hydrogen (secondary N) is 1. The molecule has 1 amide bonds. The van der Waals surface area contributed by atoms with Crippen molar-refractivity contribution in [1.82, 2.24) is 5.48 Å². The van der Waals surface area contributed by atoms with Gasteiger partial charge in [-0.05, 0) is 29.3 Å². The van der Waals surface area contributed by atoms with Gasteiger partial charge in [-0.1, -0.05) is 37.3 Å². The standard InChI is InChI=1S/C17H18N2O2/c1-12-10-19(16-5-3-2-4-15(12)16)11-13-6-8-14(9-7-13)17(20)18-21/h2-9,12,21H,10-11H2,1H3,(H,18,20). The third-order valence-electron chi connectivity index (χ3n) is 3.99. The van der Waals surface area contributed by atoms with Crippen molar-refractivity contribution in [3.63, 3.8) is 0 Å². The maximum absolute atomic E-state index is 11.3. The summed E-state index contributed by atoms with van der Waals surface area (Å²) >= 11 is 0. The predicted molar refractivity (Wildman–Crippen MR) is 81.6 cm³/mol. The van der Waals surface area contributed by atoms with E-state index in [-0.39, 0.29) is 0 Å². The first-order valence-corrected chi connectivity index (χ1v) is 7.06. The van der Waals surface area contributed by atoms with E-state index in [0.717, 1.165) is 18.7 Å². The minimum Gasteiger partial charge on any atom is -0.366 e. The Balaban J connectivity index is 1.77. The second-order valence-electron chi connectivity index (χ2n) is 5.48. The van der Waals surface area contributed by atoms with Crippen LogP contribution in [0.5, 0.6) is 0 Å². The lowest BCUT2D eigenvalue weighted by Crippen LogP contribution is -2.21. The zero-order valence-electron chi connectivity index (χ0n) is 11.9. The topological polar surface area (TPSA) is 52.6 Å². The lowest BCUT2D eigenvalue weighted by Gasteiger charge is -2.20. The molecule has 108 valence electrons. The van der Waals surface area contributed by atoms with Crippen molar-refractivity contribution in [1.29, 1.82) is 0 Å². The number of hydrogen-bond donors (Lipinski definition) is 2. The largest absolute Gasteiger partial charge is 0.366 e. The van der Waals surface area contributed by atoms with E-state index in [4.69, 9.17) is 5.21 Å². The van der Waals surface area contributed by atoms with E-state index < -0.39 is 5.91 Å². The zero-order valence-corrected chi connectivity index (χ0v) is 11.9. The van der Waals surface area contributed by atoms with Crippen LogP contribution in [0.4, 0.5) is 5.69 Å². The van der Waals surface area contributed by atoms with Gasteiger partial charge in [-0.25, -0.2) is 5.48 Å². The van der Waals surface area contributed by atoms with Gasteiger partial charge in [0, 0.05) is 30.3 Å². The van der Waals surface area contributed by atoms with E-state index in [2.05, 4.69) is 36.1 Å². The van der Waals surface area contributed by atoms with Gasteiger partial charge >= 0.3 is 0 Å². The van der Waals surface area contributed by atoms with Gasteiger partial charge in [-0.2, -0.15) is 0 Å². The molecule has 1 unspecified atom stereocenters. The number of benzene rings is 2. The van der Waals surface area contributed by atoms with E-state index in [1.165, 1.54) is 11.3 Å². The second-order valence-corrected chi connectivity index (χ2v) is 5.48. The smallest absolute Gasteiger partial charge is 0.274 e. The number of nitrogens with zero attached hydrogens (tertiary/aromatic N) is 1. The summed E-state index contributed by atoms with van der Waals surface area (Å²) in [7, 11) is 0. The summed E-state index contributed by atoms with van der Waals surface area (Å²) in [4.78, 5) is 13.7.